The lowest BCUT2D eigenvalue weighted by atomic mass is 10.0. The van der Waals surface area contributed by atoms with Crippen LogP contribution >= 0.6 is 11.6 Å². The number of carbonyl (C=O) groups is 5. The van der Waals surface area contributed by atoms with Crippen molar-refractivity contribution in [2.24, 2.45) is 7.05 Å². The van der Waals surface area contributed by atoms with Crippen LogP contribution in [0, 0.1) is 0 Å². The van der Waals surface area contributed by atoms with E-state index in [0.29, 0.717) is 58.8 Å². The summed E-state index contributed by atoms with van der Waals surface area (Å²) in [6, 6.07) is 10.7. The van der Waals surface area contributed by atoms with Gasteiger partial charge in [-0.1, -0.05) is 11.6 Å². The van der Waals surface area contributed by atoms with Gasteiger partial charge in [-0.3, -0.25) is 43.9 Å². The lowest BCUT2D eigenvalue weighted by Gasteiger charge is -2.43. The van der Waals surface area contributed by atoms with E-state index in [1.165, 1.54) is 29.9 Å². The number of piperidine rings is 1. The number of hydrogen-bond acceptors (Lipinski definition) is 13. The normalized spacial score (nSPS) is 18.7. The van der Waals surface area contributed by atoms with Crippen molar-refractivity contribution < 1.29 is 33.4 Å². The molecule has 2 saturated heterocycles. The molecule has 0 bridgehead atoms. The monoisotopic (exact) mass is 785 g/mol. The summed E-state index contributed by atoms with van der Waals surface area (Å²) in [7, 11) is 3.11. The van der Waals surface area contributed by atoms with E-state index in [0.717, 1.165) is 4.90 Å². The molecule has 3 N–H and O–H groups in total. The lowest BCUT2D eigenvalue weighted by Crippen LogP contribution is -2.57. The molecule has 17 nitrogen and oxygen atoms in total. The fourth-order valence-corrected chi connectivity index (χ4v) is 7.33. The van der Waals surface area contributed by atoms with Gasteiger partial charge in [-0.25, -0.2) is 4.98 Å². The van der Waals surface area contributed by atoms with Gasteiger partial charge in [0.15, 0.2) is 18.2 Å². The van der Waals surface area contributed by atoms with Crippen LogP contribution in [0.25, 0.3) is 10.9 Å². The second-order valence-electron chi connectivity index (χ2n) is 14.0. The van der Waals surface area contributed by atoms with Gasteiger partial charge in [0.05, 0.1) is 28.9 Å². The van der Waals surface area contributed by atoms with Crippen LogP contribution in [0.2, 0.25) is 5.02 Å². The molecular formula is C38H40ClN9O8. The summed E-state index contributed by atoms with van der Waals surface area (Å²) < 4.78 is 13.2. The molecule has 0 spiro atoms. The number of fused-ring (bicyclic) bond motifs is 2. The highest BCUT2D eigenvalue weighted by Gasteiger charge is 2.45. The number of pyridine rings is 1. The summed E-state index contributed by atoms with van der Waals surface area (Å²) in [6.45, 7) is 5.98. The molecule has 0 radical (unpaired) electrons. The summed E-state index contributed by atoms with van der Waals surface area (Å²) in [5.74, 6) is -1.39. The second-order valence-corrected chi connectivity index (χ2v) is 14.4. The molecule has 18 heteroatoms. The third-order valence-corrected chi connectivity index (χ3v) is 10.4. The van der Waals surface area contributed by atoms with Gasteiger partial charge in [-0.05, 0) is 62.7 Å². The van der Waals surface area contributed by atoms with Crippen molar-refractivity contribution in [3.63, 3.8) is 0 Å². The van der Waals surface area contributed by atoms with Crippen LogP contribution in [0.5, 0.6) is 11.5 Å². The van der Waals surface area contributed by atoms with Crippen LogP contribution in [0.4, 0.5) is 17.5 Å². The van der Waals surface area contributed by atoms with Crippen molar-refractivity contribution in [2.75, 3.05) is 50.1 Å². The number of aryl methyl sites for hydroxylation is 1. The van der Waals surface area contributed by atoms with Gasteiger partial charge in [-0.15, -0.1) is 0 Å². The standard InChI is InChI=1S/C38H40ClN9O8/c1-20(2)47-12-11-46(17-23(47)18-55-24-6-7-25-26(15-24)36(53)48(35(25)52)29-9-10-31(49)43-34(29)51)38-41-16-27(39)33(44-38)42-22-5-8-28-21(13-22)14-30(37(54)45(28)4)56-19-32(50)40-3/h5-8,13-16,20,23,29H,9-12,17-19H2,1-4H3,(H,40,50)(H,41,42,44)(H,43,49,51). The third kappa shape index (κ3) is 7.46. The number of nitrogens with one attached hydrogen (secondary N) is 3. The highest BCUT2D eigenvalue weighted by Crippen LogP contribution is 2.32. The Morgan fingerprint density at radius 3 is 2.55 bits per heavy atom. The molecule has 292 valence electrons. The van der Waals surface area contributed by atoms with E-state index in [1.54, 1.807) is 31.3 Å². The molecule has 5 heterocycles. The molecule has 3 aliphatic rings. The summed E-state index contributed by atoms with van der Waals surface area (Å²) in [5, 5.41) is 8.92. The topological polar surface area (TPSA) is 197 Å². The Hall–Kier alpha value is -6.07. The van der Waals surface area contributed by atoms with Crippen LogP contribution < -0.4 is 35.9 Å². The molecule has 56 heavy (non-hydrogen) atoms. The highest BCUT2D eigenvalue weighted by molar-refractivity contribution is 6.33. The minimum Gasteiger partial charge on any atom is -0.492 e. The van der Waals surface area contributed by atoms with E-state index in [2.05, 4.69) is 39.7 Å². The molecule has 7 rings (SSSR count). The first-order valence-corrected chi connectivity index (χ1v) is 18.5. The van der Waals surface area contributed by atoms with Crippen molar-refractivity contribution in [1.82, 2.24) is 35.0 Å². The maximum atomic E-state index is 13.4. The van der Waals surface area contributed by atoms with E-state index in [-0.39, 0.29) is 66.5 Å². The van der Waals surface area contributed by atoms with Crippen LogP contribution in [0.3, 0.4) is 0 Å². The fourth-order valence-electron chi connectivity index (χ4n) is 7.20. The van der Waals surface area contributed by atoms with Crippen LogP contribution in [0.15, 0.2) is 53.5 Å². The predicted molar refractivity (Wildman–Crippen MR) is 206 cm³/mol. The van der Waals surface area contributed by atoms with Gasteiger partial charge >= 0.3 is 0 Å². The number of carbonyl (C=O) groups excluding carboxylic acids is 5. The zero-order valence-corrected chi connectivity index (χ0v) is 31.9. The highest BCUT2D eigenvalue weighted by atomic mass is 35.5. The summed E-state index contributed by atoms with van der Waals surface area (Å²) >= 11 is 6.58. The molecule has 0 aliphatic carbocycles. The number of benzene rings is 2. The number of nitrogens with zero attached hydrogens (tertiary/aromatic N) is 6. The molecule has 2 aromatic carbocycles. The fraction of sp³-hybridized carbons (Fsp3) is 0.368. The minimum atomic E-state index is -1.05. The Morgan fingerprint density at radius 1 is 1.02 bits per heavy atom. The summed E-state index contributed by atoms with van der Waals surface area (Å²) in [6.07, 6.45) is 1.64. The number of halogens is 1. The van der Waals surface area contributed by atoms with Crippen molar-refractivity contribution in [2.45, 2.75) is 44.8 Å². The second kappa shape index (κ2) is 15.6. The maximum Gasteiger partial charge on any atom is 0.293 e. The Bertz CT molecular complexity index is 2330. The van der Waals surface area contributed by atoms with Crippen molar-refractivity contribution >= 4 is 69.5 Å². The molecule has 2 atom stereocenters. The van der Waals surface area contributed by atoms with E-state index in [1.807, 2.05) is 11.0 Å². The molecular weight excluding hydrogens is 746 g/mol. The van der Waals surface area contributed by atoms with Gasteiger partial charge in [0.2, 0.25) is 17.8 Å². The van der Waals surface area contributed by atoms with E-state index >= 15 is 0 Å². The molecule has 5 amide bonds. The van der Waals surface area contributed by atoms with E-state index < -0.39 is 29.7 Å². The SMILES string of the molecule is CNC(=O)COc1cc2cc(Nc3nc(N4CCN(C(C)C)C(COc5ccc6c(c5)C(=O)N(C5CCC(=O)NC5=O)C6=O)C4)ncc3Cl)ccc2n(C)c1=O. The maximum absolute atomic E-state index is 13.4. The number of anilines is 3. The van der Waals surface area contributed by atoms with Gasteiger partial charge < -0.3 is 29.6 Å². The zero-order valence-electron chi connectivity index (χ0n) is 31.1. The van der Waals surface area contributed by atoms with Crippen molar-refractivity contribution in [3.8, 4) is 11.5 Å². The molecule has 4 aromatic rings. The average molecular weight is 786 g/mol. The smallest absolute Gasteiger partial charge is 0.293 e. The summed E-state index contributed by atoms with van der Waals surface area (Å²) in [4.78, 5) is 89.8. The van der Waals surface area contributed by atoms with Gasteiger partial charge in [0, 0.05) is 57.3 Å². The quantitative estimate of drug-likeness (QED) is 0.188. The molecule has 2 fully saturated rings. The molecule has 0 saturated carbocycles. The zero-order chi connectivity index (χ0) is 39.8. The number of piperazine rings is 1. The summed E-state index contributed by atoms with van der Waals surface area (Å²) in [5.41, 5.74) is 1.25. The number of aromatic nitrogens is 3. The van der Waals surface area contributed by atoms with E-state index in [4.69, 9.17) is 26.1 Å². The minimum absolute atomic E-state index is 0.0382. The Morgan fingerprint density at radius 2 is 1.80 bits per heavy atom. The predicted octanol–water partition coefficient (Wildman–Crippen LogP) is 2.23. The van der Waals surface area contributed by atoms with Crippen molar-refractivity contribution in [1.29, 1.82) is 0 Å². The molecule has 2 unspecified atom stereocenters. The number of rotatable bonds is 11. The molecule has 3 aliphatic heterocycles. The Kier molecular flexibility index (Phi) is 10.6. The van der Waals surface area contributed by atoms with E-state index in [9.17, 15) is 28.8 Å². The number of imide groups is 2. The van der Waals surface area contributed by atoms with Crippen LogP contribution in [0.1, 0.15) is 47.4 Å². The number of likely N-dealkylation sites (N-methyl/N-ethyl adjacent to an activating group) is 1. The molecule has 2 aromatic heterocycles. The van der Waals surface area contributed by atoms with Crippen molar-refractivity contribution in [3.05, 3.63) is 75.2 Å². The number of hydrogen-bond donors (Lipinski definition) is 3. The van der Waals surface area contributed by atoms with Gasteiger partial charge in [0.1, 0.15) is 23.4 Å². The van der Waals surface area contributed by atoms with Crippen LogP contribution in [-0.4, -0.2) is 112 Å². The first kappa shape index (κ1) is 38.2. The lowest BCUT2D eigenvalue weighted by molar-refractivity contribution is -0.136. The number of amides is 5. The first-order valence-electron chi connectivity index (χ1n) is 18.1. The Balaban J connectivity index is 1.05. The van der Waals surface area contributed by atoms with Gasteiger partial charge in [0.25, 0.3) is 23.3 Å². The first-order chi connectivity index (χ1) is 26.8. The average Bonchev–Trinajstić information content (AvgIpc) is 3.43. The number of ether oxygens (including phenoxy) is 2. The Labute approximate surface area is 325 Å². The largest absolute Gasteiger partial charge is 0.492 e. The van der Waals surface area contributed by atoms with Crippen LogP contribution in [-0.2, 0) is 21.4 Å². The third-order valence-electron chi connectivity index (χ3n) is 10.2. The van der Waals surface area contributed by atoms with Gasteiger partial charge in [-0.2, -0.15) is 4.98 Å².